The molecule has 0 spiro atoms. The molecule has 0 saturated carbocycles. The minimum absolute atomic E-state index is 0.168. The zero-order valence-electron chi connectivity index (χ0n) is 24.6. The summed E-state index contributed by atoms with van der Waals surface area (Å²) in [4.78, 5) is 18.3. The molecule has 2 unspecified atom stereocenters. The van der Waals surface area contributed by atoms with Crippen molar-refractivity contribution < 1.29 is 45.0 Å². The maximum absolute atomic E-state index is 15.0. The van der Waals surface area contributed by atoms with Crippen LogP contribution >= 0.6 is 0 Å². The number of nitrogens with zero attached hydrogens (tertiary/aromatic N) is 4. The Morgan fingerprint density at radius 2 is 1.84 bits per heavy atom. The fourth-order valence-corrected chi connectivity index (χ4v) is 5.25. The number of fused-ring (bicyclic) bond motifs is 7. The van der Waals surface area contributed by atoms with Gasteiger partial charge in [0, 0.05) is 12.6 Å². The second kappa shape index (κ2) is 12.0. The molecule has 0 aliphatic carbocycles. The van der Waals surface area contributed by atoms with Gasteiger partial charge in [-0.05, 0) is 58.1 Å². The highest BCUT2D eigenvalue weighted by Crippen LogP contribution is 2.48. The molecular formula is C30H31F6N5O4. The molecule has 4 heterocycles. The molecule has 15 heteroatoms. The van der Waals surface area contributed by atoms with E-state index in [1.807, 2.05) is 0 Å². The molecule has 3 aromatic rings. The molecule has 2 aliphatic rings. The van der Waals surface area contributed by atoms with E-state index in [2.05, 4.69) is 20.5 Å². The molecule has 1 aromatic carbocycles. The van der Waals surface area contributed by atoms with Crippen LogP contribution in [0.2, 0.25) is 0 Å². The number of hydrogen-bond acceptors (Lipinski definition) is 8. The van der Waals surface area contributed by atoms with E-state index >= 15 is 13.2 Å². The van der Waals surface area contributed by atoms with Gasteiger partial charge in [-0.1, -0.05) is 42.5 Å². The number of hydrogen-bond donors (Lipinski definition) is 1. The average molecular weight is 640 g/mol. The summed E-state index contributed by atoms with van der Waals surface area (Å²) < 4.78 is 105. The van der Waals surface area contributed by atoms with Gasteiger partial charge in [0.1, 0.15) is 17.0 Å². The average Bonchev–Trinajstić information content (AvgIpc) is 3.61. The Kier molecular flexibility index (Phi) is 8.59. The molecule has 242 valence electrons. The largest absolute Gasteiger partial charge is 0.444 e. The number of ether oxygens (including phenoxy) is 2. The Morgan fingerprint density at radius 3 is 2.51 bits per heavy atom. The Morgan fingerprint density at radius 1 is 1.11 bits per heavy atom. The summed E-state index contributed by atoms with van der Waals surface area (Å²) in [5.41, 5.74) is -5.80. The normalized spacial score (nSPS) is 20.6. The lowest BCUT2D eigenvalue weighted by atomic mass is 9.95. The van der Waals surface area contributed by atoms with Crippen molar-refractivity contribution in [3.05, 3.63) is 65.6 Å². The minimum Gasteiger partial charge on any atom is -0.444 e. The number of halogens is 6. The maximum atomic E-state index is 15.0. The molecule has 2 atom stereocenters. The molecule has 0 radical (unpaired) electrons. The van der Waals surface area contributed by atoms with Gasteiger partial charge in [0.2, 0.25) is 5.60 Å². The van der Waals surface area contributed by atoms with Gasteiger partial charge >= 0.3 is 18.4 Å². The third kappa shape index (κ3) is 6.92. The van der Waals surface area contributed by atoms with E-state index in [9.17, 15) is 18.0 Å². The van der Waals surface area contributed by atoms with Crippen LogP contribution in [0, 0.1) is 0 Å². The van der Waals surface area contributed by atoms with Crippen molar-refractivity contribution in [1.82, 2.24) is 15.2 Å². The third-order valence-corrected chi connectivity index (χ3v) is 7.30. The molecule has 2 aromatic heterocycles. The number of aromatic nitrogens is 3. The summed E-state index contributed by atoms with van der Waals surface area (Å²) in [7, 11) is 0. The maximum Gasteiger partial charge on any atom is 0.426 e. The highest BCUT2D eigenvalue weighted by Gasteiger charge is 2.61. The zero-order valence-corrected chi connectivity index (χ0v) is 24.6. The van der Waals surface area contributed by atoms with Gasteiger partial charge in [-0.15, -0.1) is 10.2 Å². The number of benzene rings is 1. The summed E-state index contributed by atoms with van der Waals surface area (Å²) in [5.74, 6) is -2.09. The standard InChI is InChI=1S/C30H31F6N5O4/c1-27(2,3)45-26(42)37-21-16-20(29(31,32)33)23-38-22(21)24-39-40-25(44-24)28(30(34,35)36,43-17-18-10-5-4-6-11-18)14-8-7-12-19-13-9-15-41(19)23/h4-7,10-12,16,19H,8-9,13-15,17H2,1-3H3,(H,37,42). The number of rotatable bonds is 4. The second-order valence-corrected chi connectivity index (χ2v) is 11.8. The molecule has 4 bridgehead atoms. The smallest absolute Gasteiger partial charge is 0.426 e. The first kappa shape index (κ1) is 32.3. The van der Waals surface area contributed by atoms with Gasteiger partial charge in [-0.2, -0.15) is 26.3 Å². The second-order valence-electron chi connectivity index (χ2n) is 11.8. The highest BCUT2D eigenvalue weighted by molar-refractivity contribution is 5.90. The number of allylic oxidation sites excluding steroid dienone is 1. The molecule has 45 heavy (non-hydrogen) atoms. The Labute approximate surface area is 254 Å². The number of pyridine rings is 1. The lowest BCUT2D eigenvalue weighted by Gasteiger charge is -2.32. The Bertz CT molecular complexity index is 1550. The summed E-state index contributed by atoms with van der Waals surface area (Å²) in [6.07, 6.45) is -7.88. The number of alkyl halides is 6. The van der Waals surface area contributed by atoms with Crippen LogP contribution in [0.5, 0.6) is 0 Å². The van der Waals surface area contributed by atoms with Crippen molar-refractivity contribution in [2.24, 2.45) is 0 Å². The quantitative estimate of drug-likeness (QED) is 0.228. The molecule has 2 aliphatic heterocycles. The lowest BCUT2D eigenvalue weighted by Crippen LogP contribution is -2.45. The number of carbonyl (C=O) groups is 1. The topological polar surface area (TPSA) is 103 Å². The van der Waals surface area contributed by atoms with Crippen molar-refractivity contribution >= 4 is 17.6 Å². The zero-order chi connectivity index (χ0) is 32.6. The van der Waals surface area contributed by atoms with Crippen LogP contribution in [0.1, 0.15) is 63.5 Å². The van der Waals surface area contributed by atoms with Crippen LogP contribution in [-0.2, 0) is 27.9 Å². The van der Waals surface area contributed by atoms with E-state index in [0.717, 1.165) is 0 Å². The van der Waals surface area contributed by atoms with Gasteiger partial charge in [0.15, 0.2) is 5.69 Å². The molecule has 9 nitrogen and oxygen atoms in total. The minimum atomic E-state index is -5.05. The van der Waals surface area contributed by atoms with Crippen LogP contribution in [-0.4, -0.2) is 45.6 Å². The molecule has 1 saturated heterocycles. The first-order valence-electron chi connectivity index (χ1n) is 14.2. The van der Waals surface area contributed by atoms with E-state index in [1.165, 1.54) is 11.0 Å². The first-order chi connectivity index (χ1) is 21.1. The number of nitrogens with one attached hydrogen (secondary N) is 1. The summed E-state index contributed by atoms with van der Waals surface area (Å²) >= 11 is 0. The molecule has 1 N–H and O–H groups in total. The van der Waals surface area contributed by atoms with Gasteiger partial charge in [-0.3, -0.25) is 5.32 Å². The van der Waals surface area contributed by atoms with Crippen molar-refractivity contribution in [2.45, 2.75) is 82.7 Å². The van der Waals surface area contributed by atoms with Crippen LogP contribution in [0.25, 0.3) is 11.6 Å². The Hall–Kier alpha value is -4.14. The van der Waals surface area contributed by atoms with Gasteiger partial charge in [-0.25, -0.2) is 9.78 Å². The van der Waals surface area contributed by atoms with E-state index in [-0.39, 0.29) is 13.0 Å². The van der Waals surface area contributed by atoms with E-state index in [4.69, 9.17) is 13.9 Å². The predicted molar refractivity (Wildman–Crippen MR) is 150 cm³/mol. The SMILES string of the molecule is CC(C)(C)OC(=O)Nc1cc(C(F)(F)F)c2nc1-c1nnc(o1)C(OCc1ccccc1)(C(F)(F)F)CCC=CC1CCCN21. The highest BCUT2D eigenvalue weighted by atomic mass is 19.4. The van der Waals surface area contributed by atoms with Crippen molar-refractivity contribution in [1.29, 1.82) is 0 Å². The number of carbonyl (C=O) groups excluding carboxylic acids is 1. The summed E-state index contributed by atoms with van der Waals surface area (Å²) in [5, 5.41) is 9.69. The molecule has 1 amide bonds. The summed E-state index contributed by atoms with van der Waals surface area (Å²) in [6, 6.07) is 8.26. The van der Waals surface area contributed by atoms with Crippen molar-refractivity contribution in [2.75, 3.05) is 16.8 Å². The van der Waals surface area contributed by atoms with Crippen LogP contribution in [0.3, 0.4) is 0 Å². The Balaban J connectivity index is 1.70. The molecule has 1 fully saturated rings. The van der Waals surface area contributed by atoms with Crippen LogP contribution in [0.15, 0.2) is 53.0 Å². The van der Waals surface area contributed by atoms with Crippen molar-refractivity contribution in [3.63, 3.8) is 0 Å². The van der Waals surface area contributed by atoms with E-state index in [0.29, 0.717) is 24.5 Å². The van der Waals surface area contributed by atoms with Gasteiger partial charge < -0.3 is 18.8 Å². The van der Waals surface area contributed by atoms with E-state index in [1.54, 1.807) is 57.2 Å². The fraction of sp³-hybridized carbons (Fsp3) is 0.467. The first-order valence-corrected chi connectivity index (χ1v) is 14.2. The fourth-order valence-electron chi connectivity index (χ4n) is 5.25. The van der Waals surface area contributed by atoms with Gasteiger partial charge in [0.25, 0.3) is 11.8 Å². The molecule has 5 rings (SSSR count). The predicted octanol–water partition coefficient (Wildman–Crippen LogP) is 7.79. The third-order valence-electron chi connectivity index (χ3n) is 7.30. The number of anilines is 2. The van der Waals surface area contributed by atoms with Crippen LogP contribution < -0.4 is 10.2 Å². The lowest BCUT2D eigenvalue weighted by molar-refractivity contribution is -0.299. The van der Waals surface area contributed by atoms with Gasteiger partial charge in [0.05, 0.1) is 12.3 Å². The summed E-state index contributed by atoms with van der Waals surface area (Å²) in [6.45, 7) is 4.40. The monoisotopic (exact) mass is 639 g/mol. The van der Waals surface area contributed by atoms with Crippen molar-refractivity contribution in [3.8, 4) is 11.6 Å². The number of amides is 1. The van der Waals surface area contributed by atoms with E-state index < -0.39 is 83.3 Å². The molecular weight excluding hydrogens is 608 g/mol. The van der Waals surface area contributed by atoms with Crippen LogP contribution in [0.4, 0.5) is 42.6 Å².